The number of likely N-dealkylation sites (tertiary alicyclic amines) is 1. The molecule has 0 aromatic carbocycles. The van der Waals surface area contributed by atoms with Crippen LogP contribution in [0.15, 0.2) is 10.9 Å². The molecule has 0 spiro atoms. The summed E-state index contributed by atoms with van der Waals surface area (Å²) in [7, 11) is 0. The lowest BCUT2D eigenvalue weighted by atomic mass is 10.2. The summed E-state index contributed by atoms with van der Waals surface area (Å²) < 4.78 is 1.34. The van der Waals surface area contributed by atoms with Crippen molar-refractivity contribution in [2.24, 2.45) is 0 Å². The number of carbonyl (C=O) groups is 3. The molecule has 3 amide bonds. The molecule has 1 aliphatic heterocycles. The van der Waals surface area contributed by atoms with Crippen molar-refractivity contribution < 1.29 is 14.4 Å². The Morgan fingerprint density at radius 3 is 2.61 bits per heavy atom. The Balaban J connectivity index is 1.52. The molecule has 23 heavy (non-hydrogen) atoms. The van der Waals surface area contributed by atoms with Crippen molar-refractivity contribution >= 4 is 17.7 Å². The second-order valence-electron chi connectivity index (χ2n) is 5.75. The van der Waals surface area contributed by atoms with Gasteiger partial charge in [0.05, 0.1) is 12.2 Å². The van der Waals surface area contributed by atoms with Gasteiger partial charge in [0.1, 0.15) is 6.54 Å². The first kappa shape index (κ1) is 15.4. The van der Waals surface area contributed by atoms with E-state index in [1.807, 2.05) is 0 Å². The predicted molar refractivity (Wildman–Crippen MR) is 79.5 cm³/mol. The highest BCUT2D eigenvalue weighted by Gasteiger charge is 2.30. The second-order valence-corrected chi connectivity index (χ2v) is 5.75. The number of hydrogen-bond acceptors (Lipinski definition) is 5. The molecule has 0 atom stereocenters. The van der Waals surface area contributed by atoms with Crippen LogP contribution in [0.1, 0.15) is 30.5 Å². The van der Waals surface area contributed by atoms with E-state index >= 15 is 0 Å². The molecule has 8 nitrogen and oxygen atoms in total. The maximum Gasteiger partial charge on any atom is 0.267 e. The number of rotatable bonds is 5. The van der Waals surface area contributed by atoms with Gasteiger partial charge >= 0.3 is 0 Å². The van der Waals surface area contributed by atoms with Gasteiger partial charge in [-0.1, -0.05) is 0 Å². The average molecular weight is 318 g/mol. The summed E-state index contributed by atoms with van der Waals surface area (Å²) in [6.07, 6.45) is 3.12. The van der Waals surface area contributed by atoms with Gasteiger partial charge in [0.2, 0.25) is 17.7 Å². The molecule has 0 radical (unpaired) electrons. The molecule has 1 aromatic heterocycles. The van der Waals surface area contributed by atoms with Crippen LogP contribution >= 0.6 is 0 Å². The Kier molecular flexibility index (Phi) is 4.22. The van der Waals surface area contributed by atoms with Crippen LogP contribution in [0.5, 0.6) is 0 Å². The van der Waals surface area contributed by atoms with E-state index in [1.165, 1.54) is 4.68 Å². The third-order valence-electron chi connectivity index (χ3n) is 4.13. The summed E-state index contributed by atoms with van der Waals surface area (Å²) in [5.74, 6) is -1.05. The molecule has 1 saturated heterocycles. The third-order valence-corrected chi connectivity index (χ3v) is 4.13. The number of nitrogens with zero attached hydrogens (tertiary/aromatic N) is 3. The van der Waals surface area contributed by atoms with Crippen LogP contribution in [0.4, 0.5) is 0 Å². The quantitative estimate of drug-likeness (QED) is 0.702. The van der Waals surface area contributed by atoms with E-state index in [-0.39, 0.29) is 49.8 Å². The van der Waals surface area contributed by atoms with Gasteiger partial charge in [0.25, 0.3) is 5.56 Å². The first-order valence-electron chi connectivity index (χ1n) is 7.74. The fourth-order valence-electron chi connectivity index (χ4n) is 2.90. The molecule has 8 heteroatoms. The summed E-state index contributed by atoms with van der Waals surface area (Å²) in [6, 6.07) is 1.61. The van der Waals surface area contributed by atoms with Crippen LogP contribution in [0.3, 0.4) is 0 Å². The van der Waals surface area contributed by atoms with E-state index in [0.29, 0.717) is 0 Å². The fraction of sp³-hybridized carbons (Fsp3) is 0.533. The summed E-state index contributed by atoms with van der Waals surface area (Å²) >= 11 is 0. The molecule has 1 N–H and O–H groups in total. The van der Waals surface area contributed by atoms with Gasteiger partial charge < -0.3 is 5.32 Å². The van der Waals surface area contributed by atoms with Gasteiger partial charge in [0.15, 0.2) is 0 Å². The van der Waals surface area contributed by atoms with Crippen molar-refractivity contribution in [1.29, 1.82) is 0 Å². The molecular formula is C15H18N4O4. The maximum absolute atomic E-state index is 11.9. The van der Waals surface area contributed by atoms with Crippen molar-refractivity contribution in [2.75, 3.05) is 13.1 Å². The van der Waals surface area contributed by atoms with Gasteiger partial charge in [0, 0.05) is 25.5 Å². The Morgan fingerprint density at radius 2 is 1.87 bits per heavy atom. The minimum Gasteiger partial charge on any atom is -0.353 e. The number of hydrogen-bond donors (Lipinski definition) is 1. The highest BCUT2D eigenvalue weighted by Crippen LogP contribution is 2.16. The van der Waals surface area contributed by atoms with Gasteiger partial charge in [-0.3, -0.25) is 24.1 Å². The Hall–Kier alpha value is -2.51. The van der Waals surface area contributed by atoms with E-state index in [1.54, 1.807) is 6.07 Å². The number of fused-ring (bicyclic) bond motifs is 1. The Bertz CT molecular complexity index is 709. The molecule has 0 unspecified atom stereocenters. The first-order chi connectivity index (χ1) is 11.0. The fourth-order valence-corrected chi connectivity index (χ4v) is 2.90. The number of aromatic nitrogens is 2. The summed E-state index contributed by atoms with van der Waals surface area (Å²) in [5.41, 5.74) is 1.79. The van der Waals surface area contributed by atoms with Gasteiger partial charge in [-0.25, -0.2) is 4.68 Å². The van der Waals surface area contributed by atoms with Crippen LogP contribution in [-0.2, 0) is 33.8 Å². The van der Waals surface area contributed by atoms with Crippen molar-refractivity contribution in [2.45, 2.75) is 38.6 Å². The molecule has 1 fully saturated rings. The molecule has 3 rings (SSSR count). The standard InChI is InChI=1S/C15H18N4O4/c20-12(9-18-13(21)4-5-14(18)22)16-6-7-19-15(23)8-10-2-1-3-11(10)17-19/h8H,1-7,9H2,(H,16,20). The van der Waals surface area contributed by atoms with Crippen LogP contribution < -0.4 is 10.9 Å². The van der Waals surface area contributed by atoms with Crippen molar-refractivity contribution in [3.8, 4) is 0 Å². The lowest BCUT2D eigenvalue weighted by Crippen LogP contribution is -2.41. The van der Waals surface area contributed by atoms with Gasteiger partial charge in [-0.05, 0) is 24.8 Å². The SMILES string of the molecule is O=C(CN1C(=O)CCC1=O)NCCn1nc2c(cc1=O)CCC2. The lowest BCUT2D eigenvalue weighted by molar-refractivity contribution is -0.142. The van der Waals surface area contributed by atoms with Crippen LogP contribution in [0.2, 0.25) is 0 Å². The monoisotopic (exact) mass is 318 g/mol. The van der Waals surface area contributed by atoms with Crippen molar-refractivity contribution in [1.82, 2.24) is 20.0 Å². The van der Waals surface area contributed by atoms with Gasteiger partial charge in [-0.15, -0.1) is 0 Å². The number of nitrogens with one attached hydrogen (secondary N) is 1. The number of amides is 3. The normalized spacial score (nSPS) is 16.8. The smallest absolute Gasteiger partial charge is 0.267 e. The minimum atomic E-state index is -0.414. The Labute approximate surface area is 132 Å². The number of carbonyl (C=O) groups excluding carboxylic acids is 3. The summed E-state index contributed by atoms with van der Waals surface area (Å²) in [5, 5.41) is 6.92. The number of imide groups is 1. The molecular weight excluding hydrogens is 300 g/mol. The largest absolute Gasteiger partial charge is 0.353 e. The van der Waals surface area contributed by atoms with E-state index in [4.69, 9.17) is 0 Å². The average Bonchev–Trinajstić information content (AvgIpc) is 3.08. The molecule has 0 saturated carbocycles. The second kappa shape index (κ2) is 6.31. The van der Waals surface area contributed by atoms with Crippen LogP contribution in [0, 0.1) is 0 Å². The maximum atomic E-state index is 11.9. The van der Waals surface area contributed by atoms with Gasteiger partial charge in [-0.2, -0.15) is 5.10 Å². The van der Waals surface area contributed by atoms with E-state index in [9.17, 15) is 19.2 Å². The molecule has 122 valence electrons. The lowest BCUT2D eigenvalue weighted by Gasteiger charge is -2.13. The predicted octanol–water partition coefficient (Wildman–Crippen LogP) is -1.00. The molecule has 0 bridgehead atoms. The molecule has 2 heterocycles. The zero-order valence-electron chi connectivity index (χ0n) is 12.7. The first-order valence-corrected chi connectivity index (χ1v) is 7.74. The summed E-state index contributed by atoms with van der Waals surface area (Å²) in [4.78, 5) is 47.5. The van der Waals surface area contributed by atoms with Crippen molar-refractivity contribution in [3.63, 3.8) is 0 Å². The number of aryl methyl sites for hydroxylation is 2. The van der Waals surface area contributed by atoms with Crippen molar-refractivity contribution in [3.05, 3.63) is 27.7 Å². The molecule has 1 aliphatic carbocycles. The zero-order valence-corrected chi connectivity index (χ0v) is 12.7. The van der Waals surface area contributed by atoms with E-state index < -0.39 is 5.91 Å². The van der Waals surface area contributed by atoms with Crippen LogP contribution in [0.25, 0.3) is 0 Å². The highest BCUT2D eigenvalue weighted by atomic mass is 16.2. The zero-order chi connectivity index (χ0) is 16.4. The van der Waals surface area contributed by atoms with E-state index in [2.05, 4.69) is 10.4 Å². The Morgan fingerprint density at radius 1 is 1.13 bits per heavy atom. The highest BCUT2D eigenvalue weighted by molar-refractivity contribution is 6.04. The molecule has 2 aliphatic rings. The topological polar surface area (TPSA) is 101 Å². The third kappa shape index (κ3) is 3.30. The molecule has 1 aromatic rings. The van der Waals surface area contributed by atoms with Crippen LogP contribution in [-0.4, -0.2) is 45.5 Å². The summed E-state index contributed by atoms with van der Waals surface area (Å²) in [6.45, 7) is 0.227. The minimum absolute atomic E-state index is 0.167. The van der Waals surface area contributed by atoms with E-state index in [0.717, 1.165) is 35.4 Å².